The smallest absolute Gasteiger partial charge is 0.410 e. The molecule has 0 rings (SSSR count). The van der Waals surface area contributed by atoms with Crippen molar-refractivity contribution in [1.29, 1.82) is 0 Å². The molecule has 6 nitrogen and oxygen atoms in total. The SMILES string of the molecule is CCC(NCCN(CC)C(=O)OC(C)(C)C)C(=O)OC. The number of methoxy groups -OCH3 is 1. The Bertz CT molecular complexity index is 313. The summed E-state index contributed by atoms with van der Waals surface area (Å²) in [6, 6.07) is -0.336. The first-order valence-corrected chi connectivity index (χ1v) is 7.04. The van der Waals surface area contributed by atoms with E-state index in [1.807, 2.05) is 34.6 Å². The van der Waals surface area contributed by atoms with E-state index in [-0.39, 0.29) is 18.1 Å². The quantitative estimate of drug-likeness (QED) is 0.723. The summed E-state index contributed by atoms with van der Waals surface area (Å²) >= 11 is 0. The van der Waals surface area contributed by atoms with Crippen LogP contribution >= 0.6 is 0 Å². The van der Waals surface area contributed by atoms with Crippen LogP contribution in [0.4, 0.5) is 4.79 Å². The van der Waals surface area contributed by atoms with Crippen molar-refractivity contribution >= 4 is 12.1 Å². The molecule has 0 heterocycles. The molecule has 0 aliphatic rings. The number of carbonyl (C=O) groups excluding carboxylic acids is 2. The van der Waals surface area contributed by atoms with Crippen molar-refractivity contribution in [3.63, 3.8) is 0 Å². The highest BCUT2D eigenvalue weighted by molar-refractivity contribution is 5.75. The Morgan fingerprint density at radius 1 is 1.25 bits per heavy atom. The number of nitrogens with zero attached hydrogens (tertiary/aromatic N) is 1. The lowest BCUT2D eigenvalue weighted by Gasteiger charge is -2.27. The van der Waals surface area contributed by atoms with Crippen LogP contribution in [-0.2, 0) is 14.3 Å². The molecule has 0 aromatic heterocycles. The van der Waals surface area contributed by atoms with E-state index in [1.54, 1.807) is 4.90 Å². The fraction of sp³-hybridized carbons (Fsp3) is 0.857. The number of hydrogen-bond donors (Lipinski definition) is 1. The van der Waals surface area contributed by atoms with Crippen LogP contribution in [0.1, 0.15) is 41.0 Å². The number of hydrogen-bond acceptors (Lipinski definition) is 5. The van der Waals surface area contributed by atoms with Gasteiger partial charge in [-0.2, -0.15) is 0 Å². The average Bonchev–Trinajstić information content (AvgIpc) is 2.36. The predicted octanol–water partition coefficient (Wildman–Crippen LogP) is 1.78. The molecule has 0 saturated heterocycles. The molecule has 118 valence electrons. The highest BCUT2D eigenvalue weighted by Gasteiger charge is 2.21. The Labute approximate surface area is 121 Å². The molecule has 0 aromatic carbocycles. The fourth-order valence-corrected chi connectivity index (χ4v) is 1.62. The van der Waals surface area contributed by atoms with Crippen molar-refractivity contribution in [2.75, 3.05) is 26.7 Å². The van der Waals surface area contributed by atoms with Crippen LogP contribution in [0.25, 0.3) is 0 Å². The van der Waals surface area contributed by atoms with E-state index in [0.717, 1.165) is 0 Å². The molecule has 1 N–H and O–H groups in total. The Hall–Kier alpha value is -1.30. The van der Waals surface area contributed by atoms with Crippen LogP contribution in [0, 0.1) is 0 Å². The van der Waals surface area contributed by atoms with E-state index in [2.05, 4.69) is 5.32 Å². The molecule has 0 spiro atoms. The summed E-state index contributed by atoms with van der Waals surface area (Å²) in [6.45, 7) is 10.9. The second kappa shape index (κ2) is 8.79. The van der Waals surface area contributed by atoms with Gasteiger partial charge < -0.3 is 19.7 Å². The van der Waals surface area contributed by atoms with Gasteiger partial charge in [0.25, 0.3) is 0 Å². The summed E-state index contributed by atoms with van der Waals surface area (Å²) in [4.78, 5) is 24.9. The molecular weight excluding hydrogens is 260 g/mol. The molecule has 0 fully saturated rings. The van der Waals surface area contributed by atoms with Gasteiger partial charge >= 0.3 is 12.1 Å². The Kier molecular flexibility index (Phi) is 8.22. The third-order valence-corrected chi connectivity index (χ3v) is 2.70. The number of ether oxygens (including phenoxy) is 2. The van der Waals surface area contributed by atoms with Gasteiger partial charge in [0, 0.05) is 19.6 Å². The highest BCUT2D eigenvalue weighted by Crippen LogP contribution is 2.09. The predicted molar refractivity (Wildman–Crippen MR) is 77.6 cm³/mol. The van der Waals surface area contributed by atoms with Crippen LogP contribution in [0.2, 0.25) is 0 Å². The van der Waals surface area contributed by atoms with Crippen molar-refractivity contribution < 1.29 is 19.1 Å². The van der Waals surface area contributed by atoms with Crippen molar-refractivity contribution in [2.45, 2.75) is 52.7 Å². The topological polar surface area (TPSA) is 67.9 Å². The van der Waals surface area contributed by atoms with Crippen LogP contribution < -0.4 is 5.32 Å². The molecule has 0 aliphatic carbocycles. The van der Waals surface area contributed by atoms with E-state index >= 15 is 0 Å². The second-order valence-corrected chi connectivity index (χ2v) is 5.50. The number of nitrogens with one attached hydrogen (secondary N) is 1. The lowest BCUT2D eigenvalue weighted by atomic mass is 10.2. The lowest BCUT2D eigenvalue weighted by molar-refractivity contribution is -0.143. The van der Waals surface area contributed by atoms with Gasteiger partial charge in [-0.25, -0.2) is 4.79 Å². The molecule has 0 aromatic rings. The van der Waals surface area contributed by atoms with Crippen molar-refractivity contribution in [3.8, 4) is 0 Å². The van der Waals surface area contributed by atoms with E-state index in [1.165, 1.54) is 7.11 Å². The van der Waals surface area contributed by atoms with E-state index in [9.17, 15) is 9.59 Å². The molecule has 1 unspecified atom stereocenters. The number of rotatable bonds is 7. The Morgan fingerprint density at radius 3 is 2.25 bits per heavy atom. The molecule has 0 radical (unpaired) electrons. The maximum atomic E-state index is 11.9. The third-order valence-electron chi connectivity index (χ3n) is 2.70. The summed E-state index contributed by atoms with van der Waals surface area (Å²) in [7, 11) is 1.37. The maximum absolute atomic E-state index is 11.9. The molecule has 20 heavy (non-hydrogen) atoms. The van der Waals surface area contributed by atoms with Crippen molar-refractivity contribution in [2.24, 2.45) is 0 Å². The Balaban J connectivity index is 4.25. The summed E-state index contributed by atoms with van der Waals surface area (Å²) < 4.78 is 10.0. The maximum Gasteiger partial charge on any atom is 0.410 e. The average molecular weight is 288 g/mol. The molecule has 0 saturated carbocycles. The Morgan fingerprint density at radius 2 is 1.85 bits per heavy atom. The molecular formula is C14H28N2O4. The van der Waals surface area contributed by atoms with Gasteiger partial charge in [0.1, 0.15) is 11.6 Å². The molecule has 0 bridgehead atoms. The summed E-state index contributed by atoms with van der Waals surface area (Å²) in [5.41, 5.74) is -0.504. The van der Waals surface area contributed by atoms with Gasteiger partial charge in [-0.05, 0) is 34.1 Å². The van der Waals surface area contributed by atoms with Gasteiger partial charge in [-0.15, -0.1) is 0 Å². The highest BCUT2D eigenvalue weighted by atomic mass is 16.6. The van der Waals surface area contributed by atoms with Gasteiger partial charge in [-0.1, -0.05) is 6.92 Å². The zero-order chi connectivity index (χ0) is 15.8. The summed E-state index contributed by atoms with van der Waals surface area (Å²) in [5.74, 6) is -0.284. The molecule has 1 amide bonds. The fourth-order valence-electron chi connectivity index (χ4n) is 1.62. The van der Waals surface area contributed by atoms with Crippen LogP contribution in [0.5, 0.6) is 0 Å². The van der Waals surface area contributed by atoms with Crippen LogP contribution in [0.15, 0.2) is 0 Å². The normalized spacial score (nSPS) is 12.7. The first kappa shape index (κ1) is 18.7. The summed E-state index contributed by atoms with van der Waals surface area (Å²) in [6.07, 6.45) is 0.304. The molecule has 6 heteroatoms. The molecule has 0 aliphatic heterocycles. The van der Waals surface area contributed by atoms with Crippen molar-refractivity contribution in [1.82, 2.24) is 10.2 Å². The monoisotopic (exact) mass is 288 g/mol. The number of likely N-dealkylation sites (N-methyl/N-ethyl adjacent to an activating group) is 1. The van der Waals surface area contributed by atoms with Gasteiger partial charge in [0.15, 0.2) is 0 Å². The van der Waals surface area contributed by atoms with Gasteiger partial charge in [-0.3, -0.25) is 4.79 Å². The van der Waals surface area contributed by atoms with E-state index in [4.69, 9.17) is 9.47 Å². The number of amides is 1. The van der Waals surface area contributed by atoms with Crippen LogP contribution in [0.3, 0.4) is 0 Å². The van der Waals surface area contributed by atoms with E-state index in [0.29, 0.717) is 26.1 Å². The van der Waals surface area contributed by atoms with E-state index < -0.39 is 5.60 Å². The molecule has 1 atom stereocenters. The minimum atomic E-state index is -0.504. The van der Waals surface area contributed by atoms with Gasteiger partial charge in [0.05, 0.1) is 7.11 Å². The second-order valence-electron chi connectivity index (χ2n) is 5.50. The van der Waals surface area contributed by atoms with Crippen molar-refractivity contribution in [3.05, 3.63) is 0 Å². The number of esters is 1. The zero-order valence-electron chi connectivity index (χ0n) is 13.5. The summed E-state index contributed by atoms with van der Waals surface area (Å²) in [5, 5.41) is 3.08. The third kappa shape index (κ3) is 7.33. The zero-order valence-corrected chi connectivity index (χ0v) is 13.5. The van der Waals surface area contributed by atoms with Gasteiger partial charge in [0.2, 0.25) is 0 Å². The minimum Gasteiger partial charge on any atom is -0.468 e. The first-order valence-electron chi connectivity index (χ1n) is 7.04. The number of carbonyl (C=O) groups is 2. The minimum absolute atomic E-state index is 0.284. The standard InChI is InChI=1S/C14H28N2O4/c1-7-11(12(17)19-6)15-9-10-16(8-2)13(18)20-14(3,4)5/h11,15H,7-10H2,1-6H3. The largest absolute Gasteiger partial charge is 0.468 e. The first-order chi connectivity index (χ1) is 9.25. The lowest BCUT2D eigenvalue weighted by Crippen LogP contribution is -2.44. The van der Waals surface area contributed by atoms with Crippen LogP contribution in [-0.4, -0.2) is 55.3 Å².